The first-order valence-electron chi connectivity index (χ1n) is 14.8. The summed E-state index contributed by atoms with van der Waals surface area (Å²) in [5.74, 6) is 0.956. The zero-order chi connectivity index (χ0) is 29.8. The van der Waals surface area contributed by atoms with Gasteiger partial charge in [-0.1, -0.05) is 0 Å². The van der Waals surface area contributed by atoms with Crippen molar-refractivity contribution in [2.24, 2.45) is 0 Å². The monoisotopic (exact) mass is 584 g/mol. The lowest BCUT2D eigenvalue weighted by molar-refractivity contribution is -0.141. The van der Waals surface area contributed by atoms with E-state index in [2.05, 4.69) is 48.3 Å². The van der Waals surface area contributed by atoms with Crippen molar-refractivity contribution in [1.29, 1.82) is 5.26 Å². The van der Waals surface area contributed by atoms with Gasteiger partial charge in [0.1, 0.15) is 30.4 Å². The molecule has 2 N–H and O–H groups in total. The minimum absolute atomic E-state index is 0.263. The number of piperazine rings is 1. The maximum Gasteiger partial charge on any atom is 0.251 e. The number of benzene rings is 2. The van der Waals surface area contributed by atoms with Gasteiger partial charge in [0.15, 0.2) is 5.82 Å². The molecule has 3 fully saturated rings. The second kappa shape index (κ2) is 12.9. The molecule has 43 heavy (non-hydrogen) atoms. The normalized spacial score (nSPS) is 20.2. The number of aliphatic hydroxyl groups is 1. The van der Waals surface area contributed by atoms with Gasteiger partial charge in [-0.05, 0) is 62.2 Å². The fourth-order valence-corrected chi connectivity index (χ4v) is 5.70. The summed E-state index contributed by atoms with van der Waals surface area (Å²) in [6, 6.07) is 16.3. The average molecular weight is 585 g/mol. The molecule has 1 aromatic heterocycles. The average Bonchev–Trinajstić information content (AvgIpc) is 3.01. The van der Waals surface area contributed by atoms with Crippen LogP contribution in [0.15, 0.2) is 48.8 Å². The number of anilines is 3. The van der Waals surface area contributed by atoms with E-state index in [1.807, 2.05) is 18.2 Å². The minimum atomic E-state index is -1.05. The van der Waals surface area contributed by atoms with Crippen molar-refractivity contribution in [3.05, 3.63) is 54.4 Å². The molecule has 1 amide bonds. The molecule has 3 aliphatic rings. The number of hydrogen-bond donors (Lipinski definition) is 2. The second-order valence-electron chi connectivity index (χ2n) is 11.2. The predicted octanol–water partition coefficient (Wildman–Crippen LogP) is 2.43. The fourth-order valence-electron chi connectivity index (χ4n) is 5.70. The number of amides is 1. The van der Waals surface area contributed by atoms with Crippen LogP contribution in [0.5, 0.6) is 5.75 Å². The molecule has 2 atom stereocenters. The van der Waals surface area contributed by atoms with Crippen molar-refractivity contribution in [2.75, 3.05) is 62.7 Å². The van der Waals surface area contributed by atoms with Gasteiger partial charge in [-0.3, -0.25) is 9.69 Å². The molecule has 1 unspecified atom stereocenters. The SMILES string of the molecule is CC(O)C(=O)N1CCC[C@H](Oc2ccc(-c3ncnc(Nc4ccc(N5CCN(C6COC6)CC5)cc4)n3)cc2C#N)C1. The lowest BCUT2D eigenvalue weighted by atomic mass is 10.1. The van der Waals surface area contributed by atoms with Crippen LogP contribution in [0, 0.1) is 11.3 Å². The van der Waals surface area contributed by atoms with Gasteiger partial charge in [-0.2, -0.15) is 10.2 Å². The topological polar surface area (TPSA) is 140 Å². The van der Waals surface area contributed by atoms with Crippen LogP contribution in [0.1, 0.15) is 25.3 Å². The van der Waals surface area contributed by atoms with E-state index in [0.29, 0.717) is 47.8 Å². The van der Waals surface area contributed by atoms with Crippen LogP contribution < -0.4 is 15.0 Å². The Balaban J connectivity index is 1.08. The van der Waals surface area contributed by atoms with E-state index < -0.39 is 6.10 Å². The number of carbonyl (C=O) groups excluding carboxylic acids is 1. The molecule has 3 aromatic rings. The number of nitrogens with one attached hydrogen (secondary N) is 1. The maximum atomic E-state index is 12.2. The standard InChI is InChI=1S/C31H36N8O4/c1-21(40)30(41)39-10-2-3-27(17-39)43-28-9-4-22(15-23(28)16-32)29-33-20-34-31(36-29)35-24-5-7-25(8-6-24)37-11-13-38(14-12-37)26-18-42-19-26/h4-9,15,20-21,26-27,40H,2-3,10-14,17-19H2,1H3,(H,33,34,35,36)/t21?,27-/m0/s1. The zero-order valence-corrected chi connectivity index (χ0v) is 24.2. The second-order valence-corrected chi connectivity index (χ2v) is 11.2. The van der Waals surface area contributed by atoms with Crippen LogP contribution in [0.3, 0.4) is 0 Å². The Morgan fingerprint density at radius 1 is 1.12 bits per heavy atom. The summed E-state index contributed by atoms with van der Waals surface area (Å²) in [5, 5.41) is 22.8. The van der Waals surface area contributed by atoms with Crippen LogP contribution >= 0.6 is 0 Å². The Bertz CT molecular complexity index is 1470. The predicted molar refractivity (Wildman–Crippen MR) is 160 cm³/mol. The number of aliphatic hydroxyl groups excluding tert-OH is 1. The Hall–Kier alpha value is -4.31. The molecule has 6 rings (SSSR count). The van der Waals surface area contributed by atoms with E-state index in [0.717, 1.165) is 57.9 Å². The van der Waals surface area contributed by atoms with E-state index in [1.165, 1.54) is 18.9 Å². The maximum absolute atomic E-state index is 12.2. The van der Waals surface area contributed by atoms with Crippen molar-refractivity contribution >= 4 is 23.2 Å². The van der Waals surface area contributed by atoms with Crippen LogP contribution in [0.4, 0.5) is 17.3 Å². The molecule has 12 heteroatoms. The quantitative estimate of drug-likeness (QED) is 0.403. The van der Waals surface area contributed by atoms with E-state index in [-0.39, 0.29) is 12.0 Å². The first-order chi connectivity index (χ1) is 21.0. The number of piperidine rings is 1. The molecular formula is C31H36N8O4. The smallest absolute Gasteiger partial charge is 0.251 e. The van der Waals surface area contributed by atoms with Crippen molar-refractivity contribution in [1.82, 2.24) is 24.8 Å². The largest absolute Gasteiger partial charge is 0.487 e. The highest BCUT2D eigenvalue weighted by Crippen LogP contribution is 2.28. The Labute approximate surface area is 250 Å². The Morgan fingerprint density at radius 2 is 1.91 bits per heavy atom. The number of hydrogen-bond acceptors (Lipinski definition) is 11. The zero-order valence-electron chi connectivity index (χ0n) is 24.2. The number of rotatable bonds is 8. The Morgan fingerprint density at radius 3 is 2.60 bits per heavy atom. The molecule has 0 radical (unpaired) electrons. The fraction of sp³-hybridized carbons (Fsp3) is 0.452. The summed E-state index contributed by atoms with van der Waals surface area (Å²) in [4.78, 5) is 31.9. The molecule has 12 nitrogen and oxygen atoms in total. The third-order valence-corrected chi connectivity index (χ3v) is 8.21. The minimum Gasteiger partial charge on any atom is -0.487 e. The third kappa shape index (κ3) is 6.69. The molecule has 3 saturated heterocycles. The van der Waals surface area contributed by atoms with E-state index in [1.54, 1.807) is 17.0 Å². The van der Waals surface area contributed by atoms with Gasteiger partial charge in [-0.15, -0.1) is 0 Å². The van der Waals surface area contributed by atoms with E-state index >= 15 is 0 Å². The number of nitriles is 1. The van der Waals surface area contributed by atoms with Gasteiger partial charge >= 0.3 is 0 Å². The third-order valence-electron chi connectivity index (χ3n) is 8.21. The molecule has 0 aliphatic carbocycles. The lowest BCUT2D eigenvalue weighted by Crippen LogP contribution is -2.56. The molecule has 4 heterocycles. The highest BCUT2D eigenvalue weighted by atomic mass is 16.5. The summed E-state index contributed by atoms with van der Waals surface area (Å²) < 4.78 is 11.5. The van der Waals surface area contributed by atoms with Crippen molar-refractivity contribution < 1.29 is 19.4 Å². The molecule has 224 valence electrons. The lowest BCUT2D eigenvalue weighted by Gasteiger charge is -2.43. The molecule has 3 aliphatic heterocycles. The number of ether oxygens (including phenoxy) is 2. The number of aromatic nitrogens is 3. The molecule has 2 aromatic carbocycles. The summed E-state index contributed by atoms with van der Waals surface area (Å²) in [6.45, 7) is 8.22. The van der Waals surface area contributed by atoms with Gasteiger partial charge in [0, 0.05) is 49.7 Å². The van der Waals surface area contributed by atoms with Crippen molar-refractivity contribution in [2.45, 2.75) is 38.0 Å². The Kier molecular flexibility index (Phi) is 8.64. The summed E-state index contributed by atoms with van der Waals surface area (Å²) in [6.07, 6.45) is 1.65. The highest BCUT2D eigenvalue weighted by molar-refractivity contribution is 5.80. The first kappa shape index (κ1) is 28.8. The summed E-state index contributed by atoms with van der Waals surface area (Å²) in [7, 11) is 0. The van der Waals surface area contributed by atoms with Crippen LogP contribution in [0.2, 0.25) is 0 Å². The number of nitrogens with zero attached hydrogens (tertiary/aromatic N) is 7. The van der Waals surface area contributed by atoms with Gasteiger partial charge in [-0.25, -0.2) is 9.97 Å². The van der Waals surface area contributed by atoms with E-state index in [4.69, 9.17) is 9.47 Å². The first-order valence-corrected chi connectivity index (χ1v) is 14.8. The van der Waals surface area contributed by atoms with Gasteiger partial charge < -0.3 is 29.7 Å². The van der Waals surface area contributed by atoms with Gasteiger partial charge in [0.05, 0.1) is 31.4 Å². The van der Waals surface area contributed by atoms with Crippen LogP contribution in [-0.4, -0.2) is 106 Å². The molecule has 0 spiro atoms. The number of likely N-dealkylation sites (tertiary alicyclic amines) is 1. The van der Waals surface area contributed by atoms with Crippen LogP contribution in [0.25, 0.3) is 11.4 Å². The molecule has 0 saturated carbocycles. The highest BCUT2D eigenvalue weighted by Gasteiger charge is 2.29. The van der Waals surface area contributed by atoms with E-state index in [9.17, 15) is 15.2 Å². The van der Waals surface area contributed by atoms with Gasteiger partial charge in [0.2, 0.25) is 5.95 Å². The number of carbonyl (C=O) groups is 1. The van der Waals surface area contributed by atoms with Gasteiger partial charge in [0.25, 0.3) is 5.91 Å². The molecular weight excluding hydrogens is 548 g/mol. The summed E-state index contributed by atoms with van der Waals surface area (Å²) >= 11 is 0. The van der Waals surface area contributed by atoms with Crippen molar-refractivity contribution in [3.8, 4) is 23.2 Å². The summed E-state index contributed by atoms with van der Waals surface area (Å²) in [5.41, 5.74) is 3.06. The molecule has 0 bridgehead atoms. The van der Waals surface area contributed by atoms with Crippen molar-refractivity contribution in [3.63, 3.8) is 0 Å². The van der Waals surface area contributed by atoms with Crippen LogP contribution in [-0.2, 0) is 9.53 Å².